The lowest BCUT2D eigenvalue weighted by Crippen LogP contribution is -2.41. The number of aryl methyl sites for hydroxylation is 1. The molecule has 1 aromatic heterocycles. The number of anilines is 3. The number of methoxy groups -OCH3 is 1. The van der Waals surface area contributed by atoms with Crippen LogP contribution in [0.2, 0.25) is 0 Å². The highest BCUT2D eigenvalue weighted by atomic mass is 16.5. The summed E-state index contributed by atoms with van der Waals surface area (Å²) in [6, 6.07) is 14.9. The molecule has 3 rings (SSSR count). The summed E-state index contributed by atoms with van der Waals surface area (Å²) in [4.78, 5) is 42.3. The first-order valence-electron chi connectivity index (χ1n) is 11.2. The number of ether oxygens (including phenoxy) is 1. The number of carbonyl (C=O) groups is 1. The minimum Gasteiger partial charge on any atom is -0.495 e. The largest absolute Gasteiger partial charge is 0.495 e. The molecule has 34 heavy (non-hydrogen) atoms. The lowest BCUT2D eigenvalue weighted by molar-refractivity contribution is -0.115. The topological polar surface area (TPSA) is 122 Å². The number of aromatic nitrogens is 2. The van der Waals surface area contributed by atoms with Gasteiger partial charge in [-0.2, -0.15) is 0 Å². The highest BCUT2D eigenvalue weighted by molar-refractivity contribution is 5.95. The van der Waals surface area contributed by atoms with Gasteiger partial charge in [-0.3, -0.25) is 19.1 Å². The van der Waals surface area contributed by atoms with Crippen molar-refractivity contribution in [3.8, 4) is 5.75 Å². The minimum absolute atomic E-state index is 0.0408. The van der Waals surface area contributed by atoms with Crippen molar-refractivity contribution in [3.63, 3.8) is 0 Å². The van der Waals surface area contributed by atoms with Crippen LogP contribution in [0.4, 0.5) is 17.2 Å². The van der Waals surface area contributed by atoms with Crippen molar-refractivity contribution >= 4 is 23.1 Å². The Morgan fingerprint density at radius 2 is 1.91 bits per heavy atom. The Morgan fingerprint density at radius 1 is 1.18 bits per heavy atom. The van der Waals surface area contributed by atoms with Crippen LogP contribution in [-0.4, -0.2) is 29.1 Å². The molecular weight excluding hydrogens is 434 g/mol. The number of hydrogen-bond acceptors (Lipinski definition) is 6. The Hall–Kier alpha value is -4.01. The molecule has 0 bridgehead atoms. The van der Waals surface area contributed by atoms with Gasteiger partial charge in [-0.05, 0) is 36.6 Å². The molecule has 0 atom stereocenters. The molecule has 9 heteroatoms. The summed E-state index contributed by atoms with van der Waals surface area (Å²) < 4.78 is 6.70. The quantitative estimate of drug-likeness (QED) is 0.423. The minimum atomic E-state index is -0.632. The van der Waals surface area contributed by atoms with Crippen molar-refractivity contribution in [1.82, 2.24) is 9.55 Å². The van der Waals surface area contributed by atoms with Crippen LogP contribution in [0.25, 0.3) is 0 Å². The Bertz CT molecular complexity index is 1250. The van der Waals surface area contributed by atoms with E-state index in [1.54, 1.807) is 11.0 Å². The zero-order valence-electron chi connectivity index (χ0n) is 19.8. The highest BCUT2D eigenvalue weighted by Crippen LogP contribution is 2.26. The number of nitrogen functional groups attached to an aromatic ring is 1. The van der Waals surface area contributed by atoms with Crippen LogP contribution < -0.4 is 31.9 Å². The second-order valence-corrected chi connectivity index (χ2v) is 8.09. The van der Waals surface area contributed by atoms with Crippen molar-refractivity contribution in [2.45, 2.75) is 39.8 Å². The smallest absolute Gasteiger partial charge is 0.330 e. The maximum absolute atomic E-state index is 13.1. The molecule has 0 aliphatic rings. The maximum atomic E-state index is 13.1. The van der Waals surface area contributed by atoms with Gasteiger partial charge >= 0.3 is 5.69 Å². The molecule has 1 amide bonds. The molecule has 0 aliphatic carbocycles. The van der Waals surface area contributed by atoms with E-state index in [1.165, 1.54) is 11.7 Å². The van der Waals surface area contributed by atoms with E-state index >= 15 is 0 Å². The number of rotatable bonds is 10. The summed E-state index contributed by atoms with van der Waals surface area (Å²) in [7, 11) is 1.53. The molecule has 0 spiro atoms. The number of carbonyl (C=O) groups excluding carboxylic acids is 1. The van der Waals surface area contributed by atoms with Crippen LogP contribution in [0.15, 0.2) is 58.1 Å². The molecule has 0 fully saturated rings. The molecule has 0 aliphatic heterocycles. The predicted molar refractivity (Wildman–Crippen MR) is 134 cm³/mol. The average molecular weight is 466 g/mol. The molecule has 180 valence electrons. The van der Waals surface area contributed by atoms with Crippen LogP contribution in [0.3, 0.4) is 0 Å². The summed E-state index contributed by atoms with van der Waals surface area (Å²) in [6.45, 7) is 4.37. The average Bonchev–Trinajstić information content (AvgIpc) is 2.79. The van der Waals surface area contributed by atoms with Crippen molar-refractivity contribution in [3.05, 3.63) is 80.5 Å². The summed E-state index contributed by atoms with van der Waals surface area (Å²) in [5.41, 5.74) is 7.59. The third kappa shape index (κ3) is 5.86. The Morgan fingerprint density at radius 3 is 2.59 bits per heavy atom. The third-order valence-corrected chi connectivity index (χ3v) is 5.45. The Kier molecular flexibility index (Phi) is 8.13. The van der Waals surface area contributed by atoms with Gasteiger partial charge in [0.15, 0.2) is 0 Å². The molecule has 1 heterocycles. The second-order valence-electron chi connectivity index (χ2n) is 8.09. The number of nitrogens with one attached hydrogen (secondary N) is 2. The van der Waals surface area contributed by atoms with Gasteiger partial charge in [0.2, 0.25) is 5.91 Å². The molecule has 3 aromatic rings. The van der Waals surface area contributed by atoms with Crippen molar-refractivity contribution in [2.24, 2.45) is 0 Å². The van der Waals surface area contributed by atoms with Crippen LogP contribution in [-0.2, 0) is 17.9 Å². The molecule has 0 radical (unpaired) electrons. The summed E-state index contributed by atoms with van der Waals surface area (Å²) >= 11 is 0. The summed E-state index contributed by atoms with van der Waals surface area (Å²) in [5, 5.41) is 2.86. The molecule has 2 aromatic carbocycles. The number of hydrogen-bond donors (Lipinski definition) is 3. The van der Waals surface area contributed by atoms with Crippen molar-refractivity contribution in [2.75, 3.05) is 29.6 Å². The van der Waals surface area contributed by atoms with E-state index in [0.717, 1.165) is 24.0 Å². The number of unbranched alkanes of at least 4 members (excludes halogenated alkanes) is 1. The first-order valence-corrected chi connectivity index (χ1v) is 11.2. The predicted octanol–water partition coefficient (Wildman–Crippen LogP) is 2.88. The van der Waals surface area contributed by atoms with Gasteiger partial charge in [0.25, 0.3) is 5.56 Å². The summed E-state index contributed by atoms with van der Waals surface area (Å²) in [6.07, 6.45) is 1.58. The van der Waals surface area contributed by atoms with Gasteiger partial charge in [0, 0.05) is 13.1 Å². The zero-order valence-corrected chi connectivity index (χ0v) is 19.8. The fraction of sp³-hybridized carbons (Fsp3) is 0.320. The molecule has 0 unspecified atom stereocenters. The van der Waals surface area contributed by atoms with E-state index in [-0.39, 0.29) is 30.5 Å². The van der Waals surface area contributed by atoms with Gasteiger partial charge in [-0.1, -0.05) is 49.7 Å². The molecule has 4 N–H and O–H groups in total. The lowest BCUT2D eigenvalue weighted by atomic mass is 10.2. The number of amides is 1. The van der Waals surface area contributed by atoms with Crippen LogP contribution >= 0.6 is 0 Å². The Balaban J connectivity index is 1.98. The molecule has 0 saturated heterocycles. The second kappa shape index (κ2) is 11.2. The zero-order chi connectivity index (χ0) is 24.7. The normalized spacial score (nSPS) is 10.7. The van der Waals surface area contributed by atoms with Gasteiger partial charge < -0.3 is 20.7 Å². The number of H-pyrrole nitrogens is 1. The number of nitrogens with two attached hydrogens (primary N) is 1. The van der Waals surface area contributed by atoms with Crippen LogP contribution in [0.5, 0.6) is 5.75 Å². The SMILES string of the molecule is CCCCn1c(N)c(N(CC(=O)Nc2cc(C)ccc2OC)Cc2ccccc2)c(=O)[nH]c1=O. The van der Waals surface area contributed by atoms with E-state index in [1.807, 2.05) is 56.3 Å². The van der Waals surface area contributed by atoms with Crippen molar-refractivity contribution in [1.29, 1.82) is 0 Å². The fourth-order valence-corrected chi connectivity index (χ4v) is 3.72. The van der Waals surface area contributed by atoms with Crippen molar-refractivity contribution < 1.29 is 9.53 Å². The highest BCUT2D eigenvalue weighted by Gasteiger charge is 2.22. The van der Waals surface area contributed by atoms with E-state index < -0.39 is 11.2 Å². The van der Waals surface area contributed by atoms with Gasteiger partial charge in [-0.25, -0.2) is 4.79 Å². The third-order valence-electron chi connectivity index (χ3n) is 5.45. The summed E-state index contributed by atoms with van der Waals surface area (Å²) in [5.74, 6) is 0.211. The maximum Gasteiger partial charge on any atom is 0.330 e. The molecule has 9 nitrogen and oxygen atoms in total. The monoisotopic (exact) mass is 465 g/mol. The van der Waals surface area contributed by atoms with E-state index in [0.29, 0.717) is 18.0 Å². The molecule has 0 saturated carbocycles. The Labute approximate surface area is 198 Å². The molecular formula is C25H31N5O4. The van der Waals surface area contributed by atoms with E-state index in [4.69, 9.17) is 10.5 Å². The van der Waals surface area contributed by atoms with E-state index in [2.05, 4.69) is 10.3 Å². The van der Waals surface area contributed by atoms with E-state index in [9.17, 15) is 14.4 Å². The van der Waals surface area contributed by atoms with Gasteiger partial charge in [-0.15, -0.1) is 0 Å². The first kappa shape index (κ1) is 24.6. The standard InChI is InChI=1S/C25H31N5O4/c1-4-5-13-30-23(26)22(24(32)28-25(30)33)29(15-18-9-7-6-8-10-18)16-21(31)27-19-14-17(2)11-12-20(19)34-3/h6-12,14H,4-5,13,15-16,26H2,1-3H3,(H,27,31)(H,28,32,33). The van der Waals surface area contributed by atoms with Gasteiger partial charge in [0.1, 0.15) is 17.3 Å². The lowest BCUT2D eigenvalue weighted by Gasteiger charge is -2.26. The van der Waals surface area contributed by atoms with Crippen LogP contribution in [0, 0.1) is 6.92 Å². The van der Waals surface area contributed by atoms with Crippen LogP contribution in [0.1, 0.15) is 30.9 Å². The van der Waals surface area contributed by atoms with Gasteiger partial charge in [0.05, 0.1) is 19.3 Å². The number of aromatic amines is 1. The first-order chi connectivity index (χ1) is 16.3. The number of nitrogens with zero attached hydrogens (tertiary/aromatic N) is 2. The number of benzene rings is 2. The fourth-order valence-electron chi connectivity index (χ4n) is 3.72.